The van der Waals surface area contributed by atoms with Gasteiger partial charge < -0.3 is 10.1 Å². The zero-order valence-electron chi connectivity index (χ0n) is 16.0. The van der Waals surface area contributed by atoms with Gasteiger partial charge in [0.25, 0.3) is 0 Å². The van der Waals surface area contributed by atoms with Crippen molar-refractivity contribution in [2.45, 2.75) is 13.5 Å². The lowest BCUT2D eigenvalue weighted by atomic mass is 10.2. The van der Waals surface area contributed by atoms with Gasteiger partial charge in [0.05, 0.1) is 6.21 Å². The third-order valence-corrected chi connectivity index (χ3v) is 4.00. The van der Waals surface area contributed by atoms with E-state index >= 15 is 0 Å². The first kappa shape index (κ1) is 19.8. The topological polar surface area (TPSA) is 79.8 Å². The maximum Gasteiger partial charge on any atom is 0.329 e. The molecule has 2 amide bonds. The number of aryl methyl sites for hydroxylation is 1. The summed E-state index contributed by atoms with van der Waals surface area (Å²) in [6.07, 6.45) is 1.45. The minimum atomic E-state index is -0.849. The number of carbonyl (C=O) groups excluding carboxylic acids is 2. The van der Waals surface area contributed by atoms with E-state index in [1.807, 2.05) is 67.6 Å². The van der Waals surface area contributed by atoms with Gasteiger partial charge in [-0.1, -0.05) is 60.2 Å². The summed E-state index contributed by atoms with van der Waals surface area (Å²) in [5, 5.41) is 6.35. The third kappa shape index (κ3) is 6.32. The minimum absolute atomic E-state index is 0.456. The van der Waals surface area contributed by atoms with E-state index in [1.54, 1.807) is 18.2 Å². The molecule has 0 aliphatic carbocycles. The van der Waals surface area contributed by atoms with Crippen molar-refractivity contribution in [3.63, 3.8) is 0 Å². The van der Waals surface area contributed by atoms with Crippen LogP contribution in [0.1, 0.15) is 16.7 Å². The molecule has 0 fully saturated rings. The molecule has 6 nitrogen and oxygen atoms in total. The lowest BCUT2D eigenvalue weighted by molar-refractivity contribution is -0.136. The second-order valence-corrected chi connectivity index (χ2v) is 6.37. The number of hydrogen-bond acceptors (Lipinski definition) is 4. The van der Waals surface area contributed by atoms with Gasteiger partial charge in [0, 0.05) is 5.69 Å². The first-order chi connectivity index (χ1) is 14.1. The molecule has 3 aromatic rings. The fourth-order valence-corrected chi connectivity index (χ4v) is 2.47. The highest BCUT2D eigenvalue weighted by Crippen LogP contribution is 2.14. The smallest absolute Gasteiger partial charge is 0.329 e. The van der Waals surface area contributed by atoms with Gasteiger partial charge in [-0.15, -0.1) is 0 Å². The molecule has 0 aliphatic rings. The van der Waals surface area contributed by atoms with E-state index in [1.165, 1.54) is 6.21 Å². The Hall–Kier alpha value is -3.93. The summed E-state index contributed by atoms with van der Waals surface area (Å²) >= 11 is 0. The summed E-state index contributed by atoms with van der Waals surface area (Å²) < 4.78 is 5.76. The Morgan fingerprint density at radius 2 is 1.69 bits per heavy atom. The summed E-state index contributed by atoms with van der Waals surface area (Å²) in [7, 11) is 0. The van der Waals surface area contributed by atoms with Crippen LogP contribution in [-0.2, 0) is 16.2 Å². The molecule has 2 N–H and O–H groups in total. The highest BCUT2D eigenvalue weighted by Gasteiger charge is 2.12. The number of nitrogens with zero attached hydrogens (tertiary/aromatic N) is 1. The van der Waals surface area contributed by atoms with Gasteiger partial charge in [0.1, 0.15) is 12.4 Å². The van der Waals surface area contributed by atoms with Crippen LogP contribution in [-0.4, -0.2) is 18.0 Å². The SMILES string of the molecule is Cc1ccc(NC(=O)C(=O)N/N=C\c2cccc(OCc3ccccc3)c2)cc1. The molecule has 0 unspecified atom stereocenters. The van der Waals surface area contributed by atoms with Crippen molar-refractivity contribution < 1.29 is 14.3 Å². The van der Waals surface area contributed by atoms with Crippen molar-refractivity contribution in [2.75, 3.05) is 5.32 Å². The number of nitrogens with one attached hydrogen (secondary N) is 2. The third-order valence-electron chi connectivity index (χ3n) is 4.00. The van der Waals surface area contributed by atoms with E-state index in [-0.39, 0.29) is 0 Å². The fraction of sp³-hybridized carbons (Fsp3) is 0.0870. The number of benzene rings is 3. The van der Waals surface area contributed by atoms with Crippen LogP contribution in [0.4, 0.5) is 5.69 Å². The summed E-state index contributed by atoms with van der Waals surface area (Å²) in [5.74, 6) is -0.953. The summed E-state index contributed by atoms with van der Waals surface area (Å²) in [6, 6.07) is 24.3. The largest absolute Gasteiger partial charge is 0.489 e. The molecular formula is C23H21N3O3. The van der Waals surface area contributed by atoms with Gasteiger partial charge in [-0.25, -0.2) is 5.43 Å². The molecular weight excluding hydrogens is 366 g/mol. The van der Waals surface area contributed by atoms with Gasteiger partial charge in [-0.05, 0) is 42.3 Å². The van der Waals surface area contributed by atoms with E-state index < -0.39 is 11.8 Å². The van der Waals surface area contributed by atoms with Crippen LogP contribution in [0.5, 0.6) is 5.75 Å². The van der Waals surface area contributed by atoms with Crippen LogP contribution in [0, 0.1) is 6.92 Å². The fourth-order valence-electron chi connectivity index (χ4n) is 2.47. The van der Waals surface area contributed by atoms with E-state index in [2.05, 4.69) is 15.8 Å². The molecule has 0 atom stereocenters. The Morgan fingerprint density at radius 3 is 2.45 bits per heavy atom. The predicted molar refractivity (Wildman–Crippen MR) is 113 cm³/mol. The molecule has 146 valence electrons. The summed E-state index contributed by atoms with van der Waals surface area (Å²) in [4.78, 5) is 23.8. The van der Waals surface area contributed by atoms with Crippen molar-refractivity contribution in [3.8, 4) is 5.75 Å². The second kappa shape index (κ2) is 9.85. The van der Waals surface area contributed by atoms with Crippen LogP contribution in [0.25, 0.3) is 0 Å². The quantitative estimate of drug-likeness (QED) is 0.385. The van der Waals surface area contributed by atoms with Crippen LogP contribution in [0.15, 0.2) is 84.0 Å². The molecule has 29 heavy (non-hydrogen) atoms. The van der Waals surface area contributed by atoms with Gasteiger partial charge in [-0.3, -0.25) is 9.59 Å². The molecule has 6 heteroatoms. The van der Waals surface area contributed by atoms with E-state index in [9.17, 15) is 9.59 Å². The number of carbonyl (C=O) groups is 2. The summed E-state index contributed by atoms with van der Waals surface area (Å²) in [5.41, 5.74) is 5.62. The number of hydrogen-bond donors (Lipinski definition) is 2. The van der Waals surface area contributed by atoms with Gasteiger partial charge in [0.15, 0.2) is 0 Å². The van der Waals surface area contributed by atoms with Crippen molar-refractivity contribution in [1.29, 1.82) is 0 Å². The van der Waals surface area contributed by atoms with Crippen molar-refractivity contribution in [1.82, 2.24) is 5.43 Å². The lowest BCUT2D eigenvalue weighted by Gasteiger charge is -2.07. The lowest BCUT2D eigenvalue weighted by Crippen LogP contribution is -2.32. The standard InChI is InChI=1S/C23H21N3O3/c1-17-10-12-20(13-11-17)25-22(27)23(28)26-24-15-19-8-5-9-21(14-19)29-16-18-6-3-2-4-7-18/h2-15H,16H2,1H3,(H,25,27)(H,26,28)/b24-15-. The Morgan fingerprint density at radius 1 is 0.931 bits per heavy atom. The van der Waals surface area contributed by atoms with Crippen LogP contribution in [0.2, 0.25) is 0 Å². The van der Waals surface area contributed by atoms with Crippen molar-refractivity contribution >= 4 is 23.7 Å². The average Bonchev–Trinajstić information content (AvgIpc) is 2.75. The Balaban J connectivity index is 1.51. The highest BCUT2D eigenvalue weighted by atomic mass is 16.5. The first-order valence-corrected chi connectivity index (χ1v) is 9.08. The molecule has 0 spiro atoms. The number of amides is 2. The van der Waals surface area contributed by atoms with E-state index in [0.717, 1.165) is 16.7 Å². The zero-order chi connectivity index (χ0) is 20.5. The van der Waals surface area contributed by atoms with Gasteiger partial charge in [0.2, 0.25) is 0 Å². The Kier molecular flexibility index (Phi) is 6.73. The molecule has 0 heterocycles. The predicted octanol–water partition coefficient (Wildman–Crippen LogP) is 3.66. The minimum Gasteiger partial charge on any atom is -0.489 e. The normalized spacial score (nSPS) is 10.5. The average molecular weight is 387 g/mol. The first-order valence-electron chi connectivity index (χ1n) is 9.08. The number of rotatable bonds is 6. The highest BCUT2D eigenvalue weighted by molar-refractivity contribution is 6.39. The van der Waals surface area contributed by atoms with Crippen LogP contribution >= 0.6 is 0 Å². The monoisotopic (exact) mass is 387 g/mol. The summed E-state index contributed by atoms with van der Waals surface area (Å²) in [6.45, 7) is 2.39. The number of ether oxygens (including phenoxy) is 1. The number of hydrazone groups is 1. The molecule has 0 aliphatic heterocycles. The zero-order valence-corrected chi connectivity index (χ0v) is 16.0. The molecule has 0 saturated heterocycles. The van der Waals surface area contributed by atoms with Gasteiger partial charge >= 0.3 is 11.8 Å². The van der Waals surface area contributed by atoms with E-state index in [0.29, 0.717) is 18.0 Å². The molecule has 0 radical (unpaired) electrons. The molecule has 3 rings (SSSR count). The Bertz CT molecular complexity index is 999. The molecule has 0 aromatic heterocycles. The second-order valence-electron chi connectivity index (χ2n) is 6.37. The van der Waals surface area contributed by atoms with Crippen LogP contribution in [0.3, 0.4) is 0 Å². The number of anilines is 1. The maximum absolute atomic E-state index is 11.9. The Labute approximate surface area is 169 Å². The molecule has 3 aromatic carbocycles. The van der Waals surface area contributed by atoms with Gasteiger partial charge in [-0.2, -0.15) is 5.10 Å². The maximum atomic E-state index is 11.9. The molecule has 0 bridgehead atoms. The van der Waals surface area contributed by atoms with Crippen molar-refractivity contribution in [2.24, 2.45) is 5.10 Å². The van der Waals surface area contributed by atoms with Crippen LogP contribution < -0.4 is 15.5 Å². The molecule has 0 saturated carbocycles. The van der Waals surface area contributed by atoms with E-state index in [4.69, 9.17) is 4.74 Å². The van der Waals surface area contributed by atoms with Crippen molar-refractivity contribution in [3.05, 3.63) is 95.6 Å².